The minimum Gasteiger partial charge on any atom is -0.399 e. The number of primary sulfonamides is 1. The number of anilines is 2. The van der Waals surface area contributed by atoms with Gasteiger partial charge in [0.1, 0.15) is 0 Å². The topological polar surface area (TPSA) is 89.4 Å². The van der Waals surface area contributed by atoms with Crippen LogP contribution in [0.15, 0.2) is 53.4 Å². The fourth-order valence-corrected chi connectivity index (χ4v) is 2.52. The molecule has 2 rings (SSSR count). The molecule has 0 aliphatic carbocycles. The van der Waals surface area contributed by atoms with Gasteiger partial charge in [-0.1, -0.05) is 30.3 Å². The van der Waals surface area contributed by atoms with Gasteiger partial charge in [-0.15, -0.1) is 0 Å². The molecule has 0 fully saturated rings. The summed E-state index contributed by atoms with van der Waals surface area (Å²) in [5, 5.41) is 5.15. The highest BCUT2D eigenvalue weighted by atomic mass is 32.2. The fourth-order valence-electron chi connectivity index (χ4n) is 1.94. The minimum absolute atomic E-state index is 0.0208. The van der Waals surface area contributed by atoms with E-state index >= 15 is 0 Å². The van der Waals surface area contributed by atoms with Crippen LogP contribution in [0.25, 0.3) is 0 Å². The number of sulfonamides is 1. The molecule has 20 heavy (non-hydrogen) atoms. The van der Waals surface area contributed by atoms with Crippen molar-refractivity contribution >= 4 is 21.4 Å². The summed E-state index contributed by atoms with van der Waals surface area (Å²) < 4.78 is 22.8. The summed E-state index contributed by atoms with van der Waals surface area (Å²) in [5.41, 5.74) is 7.93. The Morgan fingerprint density at radius 1 is 1.10 bits per heavy atom. The van der Waals surface area contributed by atoms with E-state index in [1.165, 1.54) is 12.1 Å². The molecular weight excluding hydrogens is 274 g/mol. The van der Waals surface area contributed by atoms with E-state index in [2.05, 4.69) is 0 Å². The van der Waals surface area contributed by atoms with E-state index in [1.54, 1.807) is 6.07 Å². The Labute approximate surface area is 118 Å². The lowest BCUT2D eigenvalue weighted by Crippen LogP contribution is -2.18. The third-order valence-electron chi connectivity index (χ3n) is 2.95. The number of nitrogen functional groups attached to an aromatic ring is 1. The van der Waals surface area contributed by atoms with E-state index in [-0.39, 0.29) is 4.90 Å². The van der Waals surface area contributed by atoms with Crippen LogP contribution in [0.4, 0.5) is 11.4 Å². The summed E-state index contributed by atoms with van der Waals surface area (Å²) in [5.74, 6) is 0. The van der Waals surface area contributed by atoms with Crippen LogP contribution in [-0.2, 0) is 16.6 Å². The van der Waals surface area contributed by atoms with Gasteiger partial charge in [-0.2, -0.15) is 0 Å². The van der Waals surface area contributed by atoms with Crippen LogP contribution in [0.5, 0.6) is 0 Å². The third-order valence-corrected chi connectivity index (χ3v) is 3.84. The molecule has 0 aliphatic rings. The lowest BCUT2D eigenvalue weighted by Gasteiger charge is -2.20. The Morgan fingerprint density at radius 2 is 1.75 bits per heavy atom. The Kier molecular flexibility index (Phi) is 3.96. The second-order valence-electron chi connectivity index (χ2n) is 4.65. The molecule has 0 radical (unpaired) electrons. The number of hydrogen-bond donors (Lipinski definition) is 2. The lowest BCUT2D eigenvalue weighted by atomic mass is 10.2. The first-order valence-corrected chi connectivity index (χ1v) is 7.59. The summed E-state index contributed by atoms with van der Waals surface area (Å²) in [6, 6.07) is 14.5. The molecule has 0 saturated carbocycles. The Bertz CT molecular complexity index is 700. The highest BCUT2D eigenvalue weighted by Gasteiger charge is 2.12. The lowest BCUT2D eigenvalue weighted by molar-refractivity contribution is 0.598. The molecule has 0 saturated heterocycles. The van der Waals surface area contributed by atoms with Crippen molar-refractivity contribution in [2.45, 2.75) is 11.4 Å². The molecule has 0 bridgehead atoms. The van der Waals surface area contributed by atoms with E-state index in [4.69, 9.17) is 10.9 Å². The Hall–Kier alpha value is -2.05. The average molecular weight is 291 g/mol. The predicted molar refractivity (Wildman–Crippen MR) is 80.8 cm³/mol. The first-order valence-electron chi connectivity index (χ1n) is 6.05. The number of rotatable bonds is 4. The molecule has 0 aromatic heterocycles. The molecule has 0 atom stereocenters. The van der Waals surface area contributed by atoms with Gasteiger partial charge in [0.05, 0.1) is 4.90 Å². The van der Waals surface area contributed by atoms with Crippen LogP contribution in [0.2, 0.25) is 0 Å². The van der Waals surface area contributed by atoms with Crippen LogP contribution < -0.4 is 15.8 Å². The molecule has 4 N–H and O–H groups in total. The molecule has 5 nitrogen and oxygen atoms in total. The standard InChI is InChI=1S/C14H17N3O2S/c1-17(10-11-5-3-2-4-6-11)13-7-12(15)8-14(9-13)20(16,18)19/h2-9H,10,15H2,1H3,(H2,16,18,19). The van der Waals surface area contributed by atoms with Crippen molar-refractivity contribution in [3.05, 3.63) is 54.1 Å². The molecule has 0 spiro atoms. The first kappa shape index (κ1) is 14.4. The van der Waals surface area contributed by atoms with Gasteiger partial charge in [0.15, 0.2) is 0 Å². The predicted octanol–water partition coefficient (Wildman–Crippen LogP) is 1.55. The zero-order valence-corrected chi connectivity index (χ0v) is 12.0. The summed E-state index contributed by atoms with van der Waals surface area (Å²) >= 11 is 0. The molecule has 2 aromatic carbocycles. The van der Waals surface area contributed by atoms with Crippen molar-refractivity contribution in [3.63, 3.8) is 0 Å². The van der Waals surface area contributed by atoms with Crippen molar-refractivity contribution < 1.29 is 8.42 Å². The molecule has 106 valence electrons. The van der Waals surface area contributed by atoms with Gasteiger partial charge in [0.25, 0.3) is 0 Å². The van der Waals surface area contributed by atoms with Crippen molar-refractivity contribution in [1.82, 2.24) is 0 Å². The van der Waals surface area contributed by atoms with Crippen molar-refractivity contribution in [3.8, 4) is 0 Å². The Balaban J connectivity index is 2.31. The molecular formula is C14H17N3O2S. The highest BCUT2D eigenvalue weighted by molar-refractivity contribution is 7.89. The molecule has 0 heterocycles. The summed E-state index contributed by atoms with van der Waals surface area (Å²) in [4.78, 5) is 1.94. The van der Waals surface area contributed by atoms with Gasteiger partial charge in [-0.3, -0.25) is 0 Å². The SMILES string of the molecule is CN(Cc1ccccc1)c1cc(N)cc(S(N)(=O)=O)c1. The fraction of sp³-hybridized carbons (Fsp3) is 0.143. The molecule has 0 aliphatic heterocycles. The normalized spacial score (nSPS) is 11.3. The summed E-state index contributed by atoms with van der Waals surface area (Å²) in [6.45, 7) is 0.647. The molecule has 0 unspecified atom stereocenters. The number of hydrogen-bond acceptors (Lipinski definition) is 4. The summed E-state index contributed by atoms with van der Waals surface area (Å²) in [6.07, 6.45) is 0. The number of benzene rings is 2. The Morgan fingerprint density at radius 3 is 2.35 bits per heavy atom. The zero-order chi connectivity index (χ0) is 14.8. The van der Waals surface area contributed by atoms with Crippen LogP contribution in [-0.4, -0.2) is 15.5 Å². The van der Waals surface area contributed by atoms with Gasteiger partial charge >= 0.3 is 0 Å². The average Bonchev–Trinajstić information content (AvgIpc) is 2.38. The minimum atomic E-state index is -3.76. The van der Waals surface area contributed by atoms with Gasteiger partial charge in [-0.05, 0) is 23.8 Å². The quantitative estimate of drug-likeness (QED) is 0.836. The smallest absolute Gasteiger partial charge is 0.238 e. The largest absolute Gasteiger partial charge is 0.399 e. The van der Waals surface area contributed by atoms with Crippen LogP contribution in [0.3, 0.4) is 0 Å². The zero-order valence-electron chi connectivity index (χ0n) is 11.2. The highest BCUT2D eigenvalue weighted by Crippen LogP contribution is 2.23. The molecule has 0 amide bonds. The van der Waals surface area contributed by atoms with Crippen LogP contribution in [0, 0.1) is 0 Å². The van der Waals surface area contributed by atoms with Gasteiger partial charge in [0, 0.05) is 25.0 Å². The second kappa shape index (κ2) is 5.52. The van der Waals surface area contributed by atoms with E-state index < -0.39 is 10.0 Å². The molecule has 6 heteroatoms. The van der Waals surface area contributed by atoms with E-state index in [1.807, 2.05) is 42.3 Å². The van der Waals surface area contributed by atoms with Gasteiger partial charge in [-0.25, -0.2) is 13.6 Å². The monoisotopic (exact) mass is 291 g/mol. The van der Waals surface area contributed by atoms with E-state index in [9.17, 15) is 8.42 Å². The maximum absolute atomic E-state index is 11.4. The molecule has 2 aromatic rings. The van der Waals surface area contributed by atoms with Crippen molar-refractivity contribution in [1.29, 1.82) is 0 Å². The maximum Gasteiger partial charge on any atom is 0.238 e. The first-order chi connectivity index (χ1) is 9.36. The van der Waals surface area contributed by atoms with E-state index in [0.29, 0.717) is 17.9 Å². The second-order valence-corrected chi connectivity index (χ2v) is 6.21. The van der Waals surface area contributed by atoms with Gasteiger partial charge < -0.3 is 10.6 Å². The van der Waals surface area contributed by atoms with Crippen LogP contribution in [0.1, 0.15) is 5.56 Å². The summed E-state index contributed by atoms with van der Waals surface area (Å²) in [7, 11) is -1.89. The van der Waals surface area contributed by atoms with Crippen molar-refractivity contribution in [2.24, 2.45) is 5.14 Å². The van der Waals surface area contributed by atoms with E-state index in [0.717, 1.165) is 5.56 Å². The third kappa shape index (κ3) is 3.49. The number of nitrogens with two attached hydrogens (primary N) is 2. The van der Waals surface area contributed by atoms with Crippen LogP contribution >= 0.6 is 0 Å². The van der Waals surface area contributed by atoms with Gasteiger partial charge in [0.2, 0.25) is 10.0 Å². The van der Waals surface area contributed by atoms with Crippen molar-refractivity contribution in [2.75, 3.05) is 17.7 Å². The maximum atomic E-state index is 11.4. The number of nitrogens with zero attached hydrogens (tertiary/aromatic N) is 1.